The van der Waals surface area contributed by atoms with Crippen LogP contribution >= 0.6 is 0 Å². The van der Waals surface area contributed by atoms with E-state index < -0.39 is 5.60 Å². The van der Waals surface area contributed by atoms with E-state index in [0.717, 1.165) is 31.2 Å². The van der Waals surface area contributed by atoms with Gasteiger partial charge in [-0.05, 0) is 45.7 Å². The first-order valence-electron chi connectivity index (χ1n) is 7.26. The maximum Gasteiger partial charge on any atom is 0.122 e. The summed E-state index contributed by atoms with van der Waals surface area (Å²) in [6.07, 6.45) is 7.33. The number of hydrogen-bond acceptors (Lipinski definition) is 2. The standard InChI is InChI=1S/C16H29NO/c1-14-6-8-15(9-7-14)10-12-16(2,18)11-5-13-17(3)4/h14-15,18H,6-10,12-13H2,1-4H3/t14?,15?,16-/m1/s1. The van der Waals surface area contributed by atoms with E-state index in [4.69, 9.17) is 0 Å². The molecule has 0 saturated heterocycles. The van der Waals surface area contributed by atoms with Gasteiger partial charge in [-0.25, -0.2) is 0 Å². The van der Waals surface area contributed by atoms with E-state index in [0.29, 0.717) is 0 Å². The van der Waals surface area contributed by atoms with Crippen LogP contribution in [0.25, 0.3) is 0 Å². The highest BCUT2D eigenvalue weighted by Gasteiger charge is 2.22. The second-order valence-corrected chi connectivity index (χ2v) is 6.48. The summed E-state index contributed by atoms with van der Waals surface area (Å²) in [5.74, 6) is 7.76. The second-order valence-electron chi connectivity index (χ2n) is 6.48. The van der Waals surface area contributed by atoms with Gasteiger partial charge in [-0.3, -0.25) is 4.90 Å². The van der Waals surface area contributed by atoms with Crippen LogP contribution in [-0.2, 0) is 0 Å². The van der Waals surface area contributed by atoms with E-state index in [1.807, 2.05) is 25.9 Å². The van der Waals surface area contributed by atoms with Crippen molar-refractivity contribution in [3.8, 4) is 11.8 Å². The summed E-state index contributed by atoms with van der Waals surface area (Å²) in [5, 5.41) is 10.2. The first-order valence-corrected chi connectivity index (χ1v) is 7.26. The van der Waals surface area contributed by atoms with Crippen molar-refractivity contribution in [1.29, 1.82) is 0 Å². The minimum atomic E-state index is -0.806. The summed E-state index contributed by atoms with van der Waals surface area (Å²) < 4.78 is 0. The fourth-order valence-corrected chi connectivity index (χ4v) is 2.55. The molecule has 0 aromatic rings. The summed E-state index contributed by atoms with van der Waals surface area (Å²) in [6, 6.07) is 0. The summed E-state index contributed by atoms with van der Waals surface area (Å²) in [6.45, 7) is 4.91. The molecule has 0 aromatic carbocycles. The van der Waals surface area contributed by atoms with Crippen molar-refractivity contribution in [2.45, 2.75) is 58.0 Å². The Balaban J connectivity index is 2.29. The van der Waals surface area contributed by atoms with Gasteiger partial charge in [0.05, 0.1) is 6.54 Å². The molecular weight excluding hydrogens is 222 g/mol. The van der Waals surface area contributed by atoms with Gasteiger partial charge in [-0.2, -0.15) is 0 Å². The molecule has 1 aliphatic rings. The van der Waals surface area contributed by atoms with Crippen LogP contribution in [0.1, 0.15) is 52.4 Å². The molecular formula is C16H29NO. The Morgan fingerprint density at radius 1 is 1.22 bits per heavy atom. The Morgan fingerprint density at radius 3 is 2.39 bits per heavy atom. The summed E-state index contributed by atoms with van der Waals surface area (Å²) in [4.78, 5) is 2.02. The van der Waals surface area contributed by atoms with Gasteiger partial charge in [0.25, 0.3) is 0 Å². The van der Waals surface area contributed by atoms with Gasteiger partial charge in [0.1, 0.15) is 5.60 Å². The molecule has 1 rings (SSSR count). The summed E-state index contributed by atoms with van der Waals surface area (Å²) >= 11 is 0. The Hall–Kier alpha value is -0.520. The number of rotatable bonds is 4. The van der Waals surface area contributed by atoms with E-state index in [1.165, 1.54) is 25.7 Å². The third-order valence-corrected chi connectivity index (χ3v) is 3.93. The van der Waals surface area contributed by atoms with Crippen molar-refractivity contribution in [2.75, 3.05) is 20.6 Å². The fourth-order valence-electron chi connectivity index (χ4n) is 2.55. The minimum absolute atomic E-state index is 0.719. The Kier molecular flexibility index (Phi) is 6.18. The molecule has 0 amide bonds. The van der Waals surface area contributed by atoms with Crippen molar-refractivity contribution in [3.63, 3.8) is 0 Å². The molecule has 0 radical (unpaired) electrons. The van der Waals surface area contributed by atoms with Crippen molar-refractivity contribution < 1.29 is 5.11 Å². The molecule has 0 aromatic heterocycles. The van der Waals surface area contributed by atoms with Gasteiger partial charge in [-0.15, -0.1) is 0 Å². The number of aliphatic hydroxyl groups is 1. The van der Waals surface area contributed by atoms with Gasteiger partial charge < -0.3 is 5.11 Å². The smallest absolute Gasteiger partial charge is 0.122 e. The Labute approximate surface area is 113 Å². The van der Waals surface area contributed by atoms with E-state index >= 15 is 0 Å². The zero-order chi connectivity index (χ0) is 13.6. The van der Waals surface area contributed by atoms with Crippen LogP contribution in [0.15, 0.2) is 0 Å². The maximum atomic E-state index is 10.2. The first kappa shape index (κ1) is 15.5. The largest absolute Gasteiger partial charge is 0.378 e. The quantitative estimate of drug-likeness (QED) is 0.777. The van der Waals surface area contributed by atoms with Crippen molar-refractivity contribution in [2.24, 2.45) is 11.8 Å². The third-order valence-electron chi connectivity index (χ3n) is 3.93. The average Bonchev–Trinajstić information content (AvgIpc) is 2.27. The molecule has 1 saturated carbocycles. The van der Waals surface area contributed by atoms with Crippen molar-refractivity contribution in [1.82, 2.24) is 4.90 Å². The monoisotopic (exact) mass is 251 g/mol. The van der Waals surface area contributed by atoms with Crippen LogP contribution in [-0.4, -0.2) is 36.2 Å². The topological polar surface area (TPSA) is 23.5 Å². The number of nitrogens with zero attached hydrogens (tertiary/aromatic N) is 1. The van der Waals surface area contributed by atoms with E-state index in [2.05, 4.69) is 18.8 Å². The van der Waals surface area contributed by atoms with Gasteiger partial charge in [-0.1, -0.05) is 44.4 Å². The van der Waals surface area contributed by atoms with Crippen LogP contribution in [0, 0.1) is 23.7 Å². The third kappa shape index (κ3) is 6.42. The molecule has 1 atom stereocenters. The van der Waals surface area contributed by atoms with Crippen LogP contribution in [0.2, 0.25) is 0 Å². The lowest BCUT2D eigenvalue weighted by Crippen LogP contribution is -2.24. The van der Waals surface area contributed by atoms with Crippen LogP contribution in [0.4, 0.5) is 0 Å². The summed E-state index contributed by atoms with van der Waals surface area (Å²) in [5.41, 5.74) is -0.806. The van der Waals surface area contributed by atoms with Crippen molar-refractivity contribution >= 4 is 0 Å². The molecule has 0 spiro atoms. The van der Waals surface area contributed by atoms with E-state index in [-0.39, 0.29) is 0 Å². The highest BCUT2D eigenvalue weighted by Crippen LogP contribution is 2.32. The van der Waals surface area contributed by atoms with Gasteiger partial charge in [0, 0.05) is 0 Å². The molecule has 0 unspecified atom stereocenters. The average molecular weight is 251 g/mol. The molecule has 1 N–H and O–H groups in total. The lowest BCUT2D eigenvalue weighted by molar-refractivity contribution is 0.0983. The van der Waals surface area contributed by atoms with Gasteiger partial charge in [0.2, 0.25) is 0 Å². The molecule has 0 bridgehead atoms. The highest BCUT2D eigenvalue weighted by molar-refractivity contribution is 5.12. The Bertz CT molecular complexity index is 290. The minimum Gasteiger partial charge on any atom is -0.378 e. The first-order chi connectivity index (χ1) is 8.39. The van der Waals surface area contributed by atoms with E-state index in [1.54, 1.807) is 0 Å². The molecule has 2 heteroatoms. The van der Waals surface area contributed by atoms with Crippen LogP contribution in [0.5, 0.6) is 0 Å². The van der Waals surface area contributed by atoms with E-state index in [9.17, 15) is 5.11 Å². The molecule has 1 fully saturated rings. The zero-order valence-corrected chi connectivity index (χ0v) is 12.5. The van der Waals surface area contributed by atoms with Gasteiger partial charge in [0.15, 0.2) is 0 Å². The molecule has 104 valence electrons. The normalized spacial score (nSPS) is 27.4. The highest BCUT2D eigenvalue weighted by atomic mass is 16.3. The molecule has 0 aliphatic heterocycles. The van der Waals surface area contributed by atoms with Gasteiger partial charge >= 0.3 is 0 Å². The number of hydrogen-bond donors (Lipinski definition) is 1. The molecule has 0 heterocycles. The molecule has 1 aliphatic carbocycles. The zero-order valence-electron chi connectivity index (χ0n) is 12.5. The maximum absolute atomic E-state index is 10.2. The Morgan fingerprint density at radius 2 is 1.83 bits per heavy atom. The van der Waals surface area contributed by atoms with Crippen LogP contribution in [0.3, 0.4) is 0 Å². The summed E-state index contributed by atoms with van der Waals surface area (Å²) in [7, 11) is 3.99. The van der Waals surface area contributed by atoms with Crippen molar-refractivity contribution in [3.05, 3.63) is 0 Å². The fraction of sp³-hybridized carbons (Fsp3) is 0.875. The SMILES string of the molecule is CC1CCC(CC[C@](C)(O)C#CCN(C)C)CC1. The lowest BCUT2D eigenvalue weighted by Gasteiger charge is -2.28. The van der Waals surface area contributed by atoms with Crippen LogP contribution < -0.4 is 0 Å². The second kappa shape index (κ2) is 7.16. The lowest BCUT2D eigenvalue weighted by atomic mass is 9.79. The predicted molar refractivity (Wildman–Crippen MR) is 77.3 cm³/mol. The predicted octanol–water partition coefficient (Wildman–Crippen LogP) is 2.91. The molecule has 18 heavy (non-hydrogen) atoms. The molecule has 2 nitrogen and oxygen atoms in total.